The Morgan fingerprint density at radius 3 is 1.39 bits per heavy atom. The maximum absolute atomic E-state index is 12.0. The number of rotatable bonds is 19. The predicted octanol–water partition coefficient (Wildman–Crippen LogP) is 3.05. The fourth-order valence-electron chi connectivity index (χ4n) is 3.73. The minimum absolute atomic E-state index is 0. The Morgan fingerprint density at radius 2 is 1.00 bits per heavy atom. The van der Waals surface area contributed by atoms with E-state index in [1.807, 2.05) is 0 Å². The number of hydrogen-bond acceptors (Lipinski definition) is 3. The summed E-state index contributed by atoms with van der Waals surface area (Å²) in [6, 6.07) is 5.85. The van der Waals surface area contributed by atoms with Crippen molar-refractivity contribution in [3.05, 3.63) is 35.4 Å². The first kappa shape index (κ1) is 30.2. The van der Waals surface area contributed by atoms with Gasteiger partial charge < -0.3 is 15.2 Å². The van der Waals surface area contributed by atoms with Gasteiger partial charge in [0.2, 0.25) is 0 Å². The largest absolute Gasteiger partial charge is 1.00 e. The Balaban J connectivity index is 0.00000900. The van der Waals surface area contributed by atoms with Crippen LogP contribution in [0.15, 0.2) is 24.3 Å². The van der Waals surface area contributed by atoms with E-state index in [1.54, 1.807) is 0 Å². The maximum Gasteiger partial charge on any atom is 1.00 e. The van der Waals surface area contributed by atoms with E-state index >= 15 is 0 Å². The van der Waals surface area contributed by atoms with Gasteiger partial charge in [-0.2, -0.15) is 0 Å². The van der Waals surface area contributed by atoms with Gasteiger partial charge in [-0.1, -0.05) is 115 Å². The van der Waals surface area contributed by atoms with E-state index in [-0.39, 0.29) is 41.0 Å². The molecular weight excluding hydrogens is 397 g/mol. The molecule has 0 saturated heterocycles. The number of amides is 1. The van der Waals surface area contributed by atoms with Gasteiger partial charge in [-0.15, -0.1) is 0 Å². The molecule has 0 aromatic heterocycles. The fourth-order valence-corrected chi connectivity index (χ4v) is 3.73. The molecule has 0 aliphatic carbocycles. The smallest absolute Gasteiger partial charge is 0.545 e. The summed E-state index contributed by atoms with van der Waals surface area (Å²) < 4.78 is 0. The topological polar surface area (TPSA) is 69.2 Å². The molecular formula is C26H42NNaO3. The molecule has 0 spiro atoms. The van der Waals surface area contributed by atoms with Crippen molar-refractivity contribution < 1.29 is 44.3 Å². The van der Waals surface area contributed by atoms with E-state index in [2.05, 4.69) is 12.2 Å². The van der Waals surface area contributed by atoms with Crippen LogP contribution in [0.4, 0.5) is 0 Å². The van der Waals surface area contributed by atoms with Gasteiger partial charge in [0.1, 0.15) is 0 Å². The number of carbonyl (C=O) groups excluding carboxylic acids is 2. The number of unbranched alkanes of at least 4 members (excludes halogenated alkanes) is 15. The molecule has 0 saturated carbocycles. The Bertz CT molecular complexity index is 575. The minimum Gasteiger partial charge on any atom is -0.545 e. The van der Waals surface area contributed by atoms with Crippen molar-refractivity contribution in [2.24, 2.45) is 0 Å². The first-order chi connectivity index (χ1) is 14.6. The monoisotopic (exact) mass is 439 g/mol. The van der Waals surface area contributed by atoms with Gasteiger partial charge in [-0.25, -0.2) is 0 Å². The Hall–Kier alpha value is -0.840. The second-order valence-corrected chi connectivity index (χ2v) is 8.42. The zero-order valence-electron chi connectivity index (χ0n) is 20.1. The van der Waals surface area contributed by atoms with Crippen LogP contribution in [0.1, 0.15) is 130 Å². The van der Waals surface area contributed by atoms with Gasteiger partial charge >= 0.3 is 29.6 Å². The summed E-state index contributed by atoms with van der Waals surface area (Å²) in [5.74, 6) is -1.38. The van der Waals surface area contributed by atoms with Crippen LogP contribution in [0.2, 0.25) is 0 Å². The van der Waals surface area contributed by atoms with Gasteiger partial charge in [0.05, 0.1) is 5.97 Å². The van der Waals surface area contributed by atoms with Crippen LogP contribution in [0, 0.1) is 0 Å². The van der Waals surface area contributed by atoms with Gasteiger partial charge in [0, 0.05) is 12.1 Å². The standard InChI is InChI=1S/C26H43NO3.Na/c1-2-3-4-5-6-7-8-9-10-11-12-13-14-15-16-17-22-27-25(28)23-18-20-24(21-19-23)26(29)30;/h18-21H,2-17,22H2,1H3,(H,27,28)(H,29,30);/q;+1/p-1. The van der Waals surface area contributed by atoms with Crippen molar-refractivity contribution in [3.63, 3.8) is 0 Å². The molecule has 1 aromatic carbocycles. The average molecular weight is 440 g/mol. The van der Waals surface area contributed by atoms with E-state index in [9.17, 15) is 14.7 Å². The van der Waals surface area contributed by atoms with E-state index in [4.69, 9.17) is 0 Å². The number of carbonyl (C=O) groups is 2. The summed E-state index contributed by atoms with van der Waals surface area (Å²) in [7, 11) is 0. The molecule has 170 valence electrons. The van der Waals surface area contributed by atoms with E-state index in [0.717, 1.165) is 12.8 Å². The molecule has 0 fully saturated rings. The number of carboxylic acids is 1. The molecule has 1 amide bonds. The van der Waals surface area contributed by atoms with Crippen molar-refractivity contribution in [2.75, 3.05) is 6.54 Å². The third-order valence-corrected chi connectivity index (χ3v) is 5.70. The molecule has 4 nitrogen and oxygen atoms in total. The van der Waals surface area contributed by atoms with Crippen LogP contribution in [0.5, 0.6) is 0 Å². The van der Waals surface area contributed by atoms with Gasteiger partial charge in [-0.3, -0.25) is 4.79 Å². The second-order valence-electron chi connectivity index (χ2n) is 8.42. The molecule has 0 atom stereocenters. The fraction of sp³-hybridized carbons (Fsp3) is 0.692. The quantitative estimate of drug-likeness (QED) is 0.266. The Morgan fingerprint density at radius 1 is 0.645 bits per heavy atom. The molecule has 0 aliphatic rings. The van der Waals surface area contributed by atoms with Crippen LogP contribution in [-0.4, -0.2) is 18.4 Å². The van der Waals surface area contributed by atoms with Gasteiger partial charge in [-0.05, 0) is 24.1 Å². The van der Waals surface area contributed by atoms with E-state index in [0.29, 0.717) is 12.1 Å². The molecule has 0 radical (unpaired) electrons. The summed E-state index contributed by atoms with van der Waals surface area (Å²) in [6.45, 7) is 2.94. The third-order valence-electron chi connectivity index (χ3n) is 5.70. The van der Waals surface area contributed by atoms with E-state index < -0.39 is 5.97 Å². The van der Waals surface area contributed by atoms with Crippen LogP contribution in [0.3, 0.4) is 0 Å². The van der Waals surface area contributed by atoms with Crippen molar-refractivity contribution in [1.82, 2.24) is 5.32 Å². The molecule has 1 aromatic rings. The molecule has 0 unspecified atom stereocenters. The summed E-state index contributed by atoms with van der Waals surface area (Å²) in [6.07, 6.45) is 21.4. The van der Waals surface area contributed by atoms with Crippen LogP contribution < -0.4 is 40.0 Å². The van der Waals surface area contributed by atoms with E-state index in [1.165, 1.54) is 114 Å². The third kappa shape index (κ3) is 16.5. The molecule has 5 heteroatoms. The van der Waals surface area contributed by atoms with Crippen molar-refractivity contribution >= 4 is 11.9 Å². The average Bonchev–Trinajstić information content (AvgIpc) is 2.75. The SMILES string of the molecule is CCCCCCCCCCCCCCCCCCNC(=O)c1ccc(C(=O)[O-])cc1.[Na+]. The molecule has 31 heavy (non-hydrogen) atoms. The summed E-state index contributed by atoms with van der Waals surface area (Å²) >= 11 is 0. The van der Waals surface area contributed by atoms with Gasteiger partial charge in [0.15, 0.2) is 0 Å². The van der Waals surface area contributed by atoms with Crippen LogP contribution >= 0.6 is 0 Å². The van der Waals surface area contributed by atoms with Crippen LogP contribution in [-0.2, 0) is 0 Å². The molecule has 1 N–H and O–H groups in total. The maximum atomic E-state index is 12.0. The molecule has 0 heterocycles. The first-order valence-corrected chi connectivity index (χ1v) is 12.2. The molecule has 0 aliphatic heterocycles. The van der Waals surface area contributed by atoms with Gasteiger partial charge in [0.25, 0.3) is 5.91 Å². The number of hydrogen-bond donors (Lipinski definition) is 1. The first-order valence-electron chi connectivity index (χ1n) is 12.2. The number of aromatic carboxylic acids is 1. The Kier molecular flexibility index (Phi) is 20.5. The summed E-state index contributed by atoms with van der Waals surface area (Å²) in [4.78, 5) is 22.7. The van der Waals surface area contributed by atoms with Crippen molar-refractivity contribution in [3.8, 4) is 0 Å². The zero-order valence-corrected chi connectivity index (χ0v) is 22.1. The summed E-state index contributed by atoms with van der Waals surface area (Å²) in [5, 5.41) is 13.6. The number of nitrogens with one attached hydrogen (secondary N) is 1. The van der Waals surface area contributed by atoms with Crippen molar-refractivity contribution in [2.45, 2.75) is 110 Å². The summed E-state index contributed by atoms with van der Waals surface area (Å²) in [5.41, 5.74) is 0.570. The second kappa shape index (κ2) is 21.0. The number of benzene rings is 1. The molecule has 0 bridgehead atoms. The zero-order chi connectivity index (χ0) is 21.9. The minimum atomic E-state index is -1.23. The Labute approximate surface area is 212 Å². The molecule has 1 rings (SSSR count). The number of carboxylic acid groups (broad SMARTS) is 1. The van der Waals surface area contributed by atoms with Crippen molar-refractivity contribution in [1.29, 1.82) is 0 Å². The predicted molar refractivity (Wildman–Crippen MR) is 123 cm³/mol. The normalized spacial score (nSPS) is 10.5. The van der Waals surface area contributed by atoms with Crippen LogP contribution in [0.25, 0.3) is 0 Å².